The summed E-state index contributed by atoms with van der Waals surface area (Å²) >= 11 is -2.32. The van der Waals surface area contributed by atoms with Crippen LogP contribution in [0.25, 0.3) is 10.8 Å². The molecule has 3 rings (SSSR count). The van der Waals surface area contributed by atoms with E-state index < -0.39 is 28.8 Å². The number of ketones is 1. The Labute approximate surface area is 175 Å². The lowest BCUT2D eigenvalue weighted by Gasteiger charge is -2.12. The van der Waals surface area contributed by atoms with E-state index in [1.54, 1.807) is 42.5 Å². The van der Waals surface area contributed by atoms with Gasteiger partial charge in [0.2, 0.25) is 6.04 Å². The molecule has 0 saturated carbocycles. The first kappa shape index (κ1) is 21.3. The summed E-state index contributed by atoms with van der Waals surface area (Å²) in [5, 5.41) is 11.9. The summed E-state index contributed by atoms with van der Waals surface area (Å²) in [6, 6.07) is 15.6. The van der Waals surface area contributed by atoms with E-state index in [-0.39, 0.29) is 10.6 Å². The highest BCUT2D eigenvalue weighted by molar-refractivity contribution is 7.79. The molecule has 2 atom stereocenters. The first-order chi connectivity index (χ1) is 14.4. The molecule has 2 unspecified atom stereocenters. The van der Waals surface area contributed by atoms with Gasteiger partial charge in [0.05, 0.1) is 17.7 Å². The lowest BCUT2D eigenvalue weighted by Crippen LogP contribution is -2.32. The second-order valence-electron chi connectivity index (χ2n) is 6.30. The van der Waals surface area contributed by atoms with Crippen LogP contribution in [0.4, 0.5) is 11.4 Å². The van der Waals surface area contributed by atoms with Crippen molar-refractivity contribution < 1.29 is 23.1 Å². The highest BCUT2D eigenvalue weighted by Crippen LogP contribution is 2.32. The first-order valence-corrected chi connectivity index (χ1v) is 10.0. The average molecular weight is 425 g/mol. The topological polar surface area (TPSA) is 117 Å². The number of carbonyl (C=O) groups excluding carboxylic acids is 2. The van der Waals surface area contributed by atoms with Gasteiger partial charge in [0.1, 0.15) is 11.4 Å². The van der Waals surface area contributed by atoms with E-state index in [4.69, 9.17) is 4.74 Å². The molecule has 0 heterocycles. The number of azo groups is 1. The van der Waals surface area contributed by atoms with Crippen LogP contribution in [0.5, 0.6) is 5.75 Å². The van der Waals surface area contributed by atoms with Crippen molar-refractivity contribution in [2.24, 2.45) is 10.2 Å². The van der Waals surface area contributed by atoms with Gasteiger partial charge in [-0.25, -0.2) is 4.21 Å². The summed E-state index contributed by atoms with van der Waals surface area (Å²) < 4.78 is 26.5. The van der Waals surface area contributed by atoms with E-state index in [1.165, 1.54) is 20.1 Å². The smallest absolute Gasteiger partial charge is 0.258 e. The molecule has 30 heavy (non-hydrogen) atoms. The molecule has 9 heteroatoms. The Hall–Kier alpha value is -3.43. The monoisotopic (exact) mass is 425 g/mol. The Balaban J connectivity index is 1.97. The van der Waals surface area contributed by atoms with Gasteiger partial charge in [-0.15, -0.1) is 0 Å². The minimum absolute atomic E-state index is 0.0323. The molecule has 154 valence electrons. The number of methoxy groups -OCH3 is 1. The zero-order chi connectivity index (χ0) is 21.7. The quantitative estimate of drug-likeness (QED) is 0.336. The van der Waals surface area contributed by atoms with Crippen LogP contribution >= 0.6 is 0 Å². The number of nitrogens with one attached hydrogen (secondary N) is 1. The largest absolute Gasteiger partial charge is 0.495 e. The van der Waals surface area contributed by atoms with Crippen molar-refractivity contribution in [3.8, 4) is 5.75 Å². The van der Waals surface area contributed by atoms with Gasteiger partial charge >= 0.3 is 0 Å². The minimum Gasteiger partial charge on any atom is -0.495 e. The SMILES string of the molecule is COc1ccccc1NC(=O)C(N=Nc1c(S(=O)O)ccc2ccccc12)C(C)=O. The molecule has 1 amide bonds. The highest BCUT2D eigenvalue weighted by Gasteiger charge is 2.24. The van der Waals surface area contributed by atoms with Crippen molar-refractivity contribution >= 4 is 44.9 Å². The summed E-state index contributed by atoms with van der Waals surface area (Å²) in [4.78, 5) is 24.8. The number of carbonyl (C=O) groups is 2. The Morgan fingerprint density at radius 1 is 1.07 bits per heavy atom. The highest BCUT2D eigenvalue weighted by atomic mass is 32.2. The number of fused-ring (bicyclic) bond motifs is 1. The van der Waals surface area contributed by atoms with Gasteiger partial charge in [-0.1, -0.05) is 42.5 Å². The predicted octanol–water partition coefficient (Wildman–Crippen LogP) is 4.11. The van der Waals surface area contributed by atoms with E-state index in [1.807, 2.05) is 12.1 Å². The van der Waals surface area contributed by atoms with Gasteiger partial charge in [-0.2, -0.15) is 10.2 Å². The Morgan fingerprint density at radius 2 is 1.77 bits per heavy atom. The van der Waals surface area contributed by atoms with Crippen molar-refractivity contribution in [1.29, 1.82) is 0 Å². The molecule has 3 aromatic rings. The molecule has 0 fully saturated rings. The number of hydrogen-bond donors (Lipinski definition) is 2. The number of hydrogen-bond acceptors (Lipinski definition) is 6. The third kappa shape index (κ3) is 4.58. The zero-order valence-corrected chi connectivity index (χ0v) is 17.1. The number of rotatable bonds is 7. The second-order valence-corrected chi connectivity index (χ2v) is 7.24. The Bertz CT molecular complexity index is 1160. The Kier molecular flexibility index (Phi) is 6.65. The molecule has 0 radical (unpaired) electrons. The van der Waals surface area contributed by atoms with Crippen LogP contribution in [0, 0.1) is 0 Å². The van der Waals surface area contributed by atoms with Crippen LogP contribution in [0.15, 0.2) is 75.8 Å². The number of Topliss-reactive ketones (excluding diaryl/α,β-unsaturated/α-hetero) is 1. The number of ether oxygens (including phenoxy) is 1. The molecule has 0 aliphatic heterocycles. The van der Waals surface area contributed by atoms with E-state index >= 15 is 0 Å². The molecular weight excluding hydrogens is 406 g/mol. The minimum atomic E-state index is -2.32. The average Bonchev–Trinajstić information content (AvgIpc) is 2.73. The van der Waals surface area contributed by atoms with Gasteiger partial charge < -0.3 is 14.6 Å². The lowest BCUT2D eigenvalue weighted by molar-refractivity contribution is -0.126. The van der Waals surface area contributed by atoms with Gasteiger partial charge in [0, 0.05) is 5.39 Å². The maximum absolute atomic E-state index is 12.7. The van der Waals surface area contributed by atoms with Crippen molar-refractivity contribution in [2.75, 3.05) is 12.4 Å². The number of anilines is 1. The van der Waals surface area contributed by atoms with Crippen LogP contribution < -0.4 is 10.1 Å². The third-order valence-corrected chi connectivity index (χ3v) is 5.03. The van der Waals surface area contributed by atoms with Gasteiger partial charge in [-0.05, 0) is 30.5 Å². The predicted molar refractivity (Wildman–Crippen MR) is 114 cm³/mol. The van der Waals surface area contributed by atoms with Crippen molar-refractivity contribution in [3.63, 3.8) is 0 Å². The first-order valence-electron chi connectivity index (χ1n) is 8.90. The molecule has 3 aromatic carbocycles. The van der Waals surface area contributed by atoms with Gasteiger partial charge in [0.25, 0.3) is 5.91 Å². The maximum atomic E-state index is 12.7. The van der Waals surface area contributed by atoms with E-state index in [0.29, 0.717) is 16.8 Å². The lowest BCUT2D eigenvalue weighted by atomic mass is 10.1. The summed E-state index contributed by atoms with van der Waals surface area (Å²) in [5.74, 6) is -0.794. The summed E-state index contributed by atoms with van der Waals surface area (Å²) in [6.07, 6.45) is 0. The summed E-state index contributed by atoms with van der Waals surface area (Å²) in [7, 11) is 1.46. The fourth-order valence-corrected chi connectivity index (χ4v) is 3.36. The van der Waals surface area contributed by atoms with Crippen molar-refractivity contribution in [3.05, 3.63) is 60.7 Å². The molecule has 0 aliphatic rings. The molecule has 0 bridgehead atoms. The number of nitrogens with zero attached hydrogens (tertiary/aromatic N) is 2. The van der Waals surface area contributed by atoms with Crippen molar-refractivity contribution in [1.82, 2.24) is 0 Å². The van der Waals surface area contributed by atoms with Crippen LogP contribution in [0.2, 0.25) is 0 Å². The van der Waals surface area contributed by atoms with Crippen LogP contribution in [0.1, 0.15) is 6.92 Å². The fourth-order valence-electron chi connectivity index (χ4n) is 2.86. The van der Waals surface area contributed by atoms with Crippen LogP contribution in [-0.4, -0.2) is 33.6 Å². The fraction of sp³-hybridized carbons (Fsp3) is 0.143. The molecule has 8 nitrogen and oxygen atoms in total. The molecule has 0 aromatic heterocycles. The zero-order valence-electron chi connectivity index (χ0n) is 16.2. The molecule has 0 aliphatic carbocycles. The summed E-state index contributed by atoms with van der Waals surface area (Å²) in [6.45, 7) is 1.22. The molecule has 0 spiro atoms. The van der Waals surface area contributed by atoms with Crippen LogP contribution in [-0.2, 0) is 20.7 Å². The standard InChI is InChI=1S/C21H19N3O5S/c1-13(25)19(21(26)22-16-9-5-6-10-17(16)29-2)23-24-20-15-8-4-3-7-14(15)11-12-18(20)30(27)28/h3-12,19H,1-2H3,(H,22,26)(H,27,28). The van der Waals surface area contributed by atoms with Crippen molar-refractivity contribution in [2.45, 2.75) is 17.9 Å². The maximum Gasteiger partial charge on any atom is 0.258 e. The molecular formula is C21H19N3O5S. The normalized spacial score (nSPS) is 13.2. The van der Waals surface area contributed by atoms with E-state index in [0.717, 1.165) is 5.39 Å². The third-order valence-electron chi connectivity index (χ3n) is 4.32. The number of para-hydroxylation sites is 2. The number of benzene rings is 3. The van der Waals surface area contributed by atoms with Gasteiger partial charge in [0.15, 0.2) is 16.9 Å². The van der Waals surface area contributed by atoms with Gasteiger partial charge in [-0.3, -0.25) is 9.59 Å². The summed E-state index contributed by atoms with van der Waals surface area (Å²) in [5.41, 5.74) is 0.513. The number of amides is 1. The Morgan fingerprint density at radius 3 is 2.47 bits per heavy atom. The van der Waals surface area contributed by atoms with E-state index in [2.05, 4.69) is 15.5 Å². The molecule has 2 N–H and O–H groups in total. The van der Waals surface area contributed by atoms with Crippen LogP contribution in [0.3, 0.4) is 0 Å². The second kappa shape index (κ2) is 9.38. The molecule has 0 saturated heterocycles. The van der Waals surface area contributed by atoms with E-state index in [9.17, 15) is 18.4 Å².